The lowest BCUT2D eigenvalue weighted by molar-refractivity contribution is -0.120. The second-order valence-corrected chi connectivity index (χ2v) is 9.58. The summed E-state index contributed by atoms with van der Waals surface area (Å²) in [5.74, 6) is 0.565. The zero-order valence-electron chi connectivity index (χ0n) is 18.5. The van der Waals surface area contributed by atoms with Crippen LogP contribution in [0.2, 0.25) is 0 Å². The topological polar surface area (TPSA) is 84.9 Å². The Morgan fingerprint density at radius 2 is 1.77 bits per heavy atom. The van der Waals surface area contributed by atoms with Gasteiger partial charge in [0, 0.05) is 30.8 Å². The normalized spacial score (nSPS) is 15.5. The largest absolute Gasteiger partial charge is 0.493 e. The molecule has 0 unspecified atom stereocenters. The van der Waals surface area contributed by atoms with Crippen LogP contribution in [0, 0.1) is 12.8 Å². The fourth-order valence-corrected chi connectivity index (χ4v) is 5.40. The predicted octanol–water partition coefficient (Wildman–Crippen LogP) is 3.61. The van der Waals surface area contributed by atoms with Gasteiger partial charge in [-0.05, 0) is 49.4 Å². The molecule has 1 aliphatic rings. The van der Waals surface area contributed by atoms with Gasteiger partial charge in [-0.2, -0.15) is 4.31 Å². The van der Waals surface area contributed by atoms with Gasteiger partial charge < -0.3 is 14.8 Å². The summed E-state index contributed by atoms with van der Waals surface area (Å²) in [5.41, 5.74) is 3.00. The number of aryl methyl sites for hydroxylation is 2. The number of carbonyl (C=O) groups excluding carboxylic acids is 1. The summed E-state index contributed by atoms with van der Waals surface area (Å²) in [5, 5.41) is 3.08. The number of ether oxygens (including phenoxy) is 2. The van der Waals surface area contributed by atoms with Gasteiger partial charge in [-0.3, -0.25) is 4.79 Å². The highest BCUT2D eigenvalue weighted by Crippen LogP contribution is 2.32. The van der Waals surface area contributed by atoms with Crippen LogP contribution in [0.15, 0.2) is 41.3 Å². The van der Waals surface area contributed by atoms with Crippen molar-refractivity contribution in [3.8, 4) is 11.5 Å². The van der Waals surface area contributed by atoms with Gasteiger partial charge in [-0.15, -0.1) is 0 Å². The number of sulfonamides is 1. The Morgan fingerprint density at radius 1 is 1.10 bits per heavy atom. The Bertz CT molecular complexity index is 1040. The number of hydrogen-bond acceptors (Lipinski definition) is 5. The van der Waals surface area contributed by atoms with Crippen LogP contribution in [0.1, 0.15) is 30.9 Å². The molecule has 3 rings (SSSR count). The van der Waals surface area contributed by atoms with Crippen LogP contribution in [0.5, 0.6) is 11.5 Å². The maximum absolute atomic E-state index is 13.1. The van der Waals surface area contributed by atoms with E-state index in [0.717, 1.165) is 23.2 Å². The Morgan fingerprint density at radius 3 is 2.39 bits per heavy atom. The van der Waals surface area contributed by atoms with Gasteiger partial charge in [0.25, 0.3) is 0 Å². The molecule has 1 saturated heterocycles. The molecule has 0 saturated carbocycles. The molecule has 168 valence electrons. The van der Waals surface area contributed by atoms with Crippen molar-refractivity contribution in [2.75, 3.05) is 32.6 Å². The second kappa shape index (κ2) is 9.70. The van der Waals surface area contributed by atoms with Gasteiger partial charge in [-0.25, -0.2) is 8.42 Å². The van der Waals surface area contributed by atoms with Crippen LogP contribution in [-0.2, 0) is 21.2 Å². The molecular weight excluding hydrogens is 416 g/mol. The molecule has 0 spiro atoms. The summed E-state index contributed by atoms with van der Waals surface area (Å²) in [6, 6.07) is 10.5. The van der Waals surface area contributed by atoms with E-state index in [-0.39, 0.29) is 16.7 Å². The van der Waals surface area contributed by atoms with Crippen molar-refractivity contribution in [2.45, 2.75) is 38.0 Å². The van der Waals surface area contributed by atoms with E-state index >= 15 is 0 Å². The van der Waals surface area contributed by atoms with Crippen molar-refractivity contribution >= 4 is 21.6 Å². The predicted molar refractivity (Wildman–Crippen MR) is 120 cm³/mol. The number of para-hydroxylation sites is 1. The van der Waals surface area contributed by atoms with Gasteiger partial charge in [0.2, 0.25) is 15.9 Å². The van der Waals surface area contributed by atoms with Crippen LogP contribution >= 0.6 is 0 Å². The van der Waals surface area contributed by atoms with Crippen molar-refractivity contribution in [2.24, 2.45) is 5.92 Å². The molecule has 1 heterocycles. The lowest BCUT2D eigenvalue weighted by atomic mass is 9.96. The summed E-state index contributed by atoms with van der Waals surface area (Å²) in [4.78, 5) is 13.0. The van der Waals surface area contributed by atoms with Crippen molar-refractivity contribution in [1.29, 1.82) is 0 Å². The van der Waals surface area contributed by atoms with Crippen LogP contribution in [-0.4, -0.2) is 45.9 Å². The number of nitrogens with zero attached hydrogens (tertiary/aromatic N) is 1. The summed E-state index contributed by atoms with van der Waals surface area (Å²) in [7, 11) is -0.708. The molecule has 2 aromatic carbocycles. The van der Waals surface area contributed by atoms with E-state index in [1.165, 1.54) is 30.7 Å². The molecule has 1 amide bonds. The van der Waals surface area contributed by atoms with Crippen molar-refractivity contribution in [3.05, 3.63) is 47.5 Å². The first kappa shape index (κ1) is 23.1. The minimum absolute atomic E-state index is 0.0489. The van der Waals surface area contributed by atoms with E-state index < -0.39 is 10.0 Å². The molecule has 1 N–H and O–H groups in total. The fourth-order valence-electron chi connectivity index (χ4n) is 3.91. The third-order valence-electron chi connectivity index (χ3n) is 5.81. The van der Waals surface area contributed by atoms with Crippen LogP contribution < -0.4 is 14.8 Å². The SMILES string of the molecule is CCc1cccc(C)c1NC(=O)C1CCN(S(=O)(=O)c2ccc(OC)c(OC)c2)CC1. The molecule has 0 atom stereocenters. The van der Waals surface area contributed by atoms with E-state index in [1.807, 2.05) is 25.1 Å². The smallest absolute Gasteiger partial charge is 0.243 e. The number of anilines is 1. The van der Waals surface area contributed by atoms with Gasteiger partial charge in [0.05, 0.1) is 19.1 Å². The molecule has 1 aliphatic heterocycles. The number of nitrogens with one attached hydrogen (secondary N) is 1. The monoisotopic (exact) mass is 446 g/mol. The highest BCUT2D eigenvalue weighted by molar-refractivity contribution is 7.89. The molecule has 31 heavy (non-hydrogen) atoms. The maximum atomic E-state index is 13.1. The lowest BCUT2D eigenvalue weighted by Crippen LogP contribution is -2.41. The number of piperidine rings is 1. The number of methoxy groups -OCH3 is 2. The molecule has 7 nitrogen and oxygen atoms in total. The van der Waals surface area contributed by atoms with E-state index in [2.05, 4.69) is 12.2 Å². The van der Waals surface area contributed by atoms with Crippen LogP contribution in [0.3, 0.4) is 0 Å². The highest BCUT2D eigenvalue weighted by Gasteiger charge is 2.33. The Balaban J connectivity index is 1.68. The first-order valence-electron chi connectivity index (χ1n) is 10.4. The summed E-state index contributed by atoms with van der Waals surface area (Å²) in [6.07, 6.45) is 1.79. The van der Waals surface area contributed by atoms with E-state index in [9.17, 15) is 13.2 Å². The van der Waals surface area contributed by atoms with Gasteiger partial charge in [-0.1, -0.05) is 25.1 Å². The molecule has 0 radical (unpaired) electrons. The number of hydrogen-bond donors (Lipinski definition) is 1. The molecule has 8 heteroatoms. The first-order valence-corrected chi connectivity index (χ1v) is 11.9. The minimum Gasteiger partial charge on any atom is -0.493 e. The molecule has 0 aromatic heterocycles. The molecule has 2 aromatic rings. The Labute approximate surface area is 184 Å². The third-order valence-corrected chi connectivity index (χ3v) is 7.70. The zero-order valence-corrected chi connectivity index (χ0v) is 19.3. The zero-order chi connectivity index (χ0) is 22.6. The number of benzene rings is 2. The number of carbonyl (C=O) groups is 1. The fraction of sp³-hybridized carbons (Fsp3) is 0.435. The average Bonchev–Trinajstić information content (AvgIpc) is 2.79. The summed E-state index contributed by atoms with van der Waals surface area (Å²) < 4.78 is 38.0. The molecule has 0 bridgehead atoms. The average molecular weight is 447 g/mol. The minimum atomic E-state index is -3.68. The van der Waals surface area contributed by atoms with Gasteiger partial charge in [0.1, 0.15) is 0 Å². The highest BCUT2D eigenvalue weighted by atomic mass is 32.2. The van der Waals surface area contributed by atoms with Gasteiger partial charge >= 0.3 is 0 Å². The van der Waals surface area contributed by atoms with Crippen LogP contribution in [0.25, 0.3) is 0 Å². The van der Waals surface area contributed by atoms with Gasteiger partial charge in [0.15, 0.2) is 11.5 Å². The summed E-state index contributed by atoms with van der Waals surface area (Å²) in [6.45, 7) is 4.63. The van der Waals surface area contributed by atoms with E-state index in [0.29, 0.717) is 37.4 Å². The maximum Gasteiger partial charge on any atom is 0.243 e. The first-order chi connectivity index (χ1) is 14.8. The molecular formula is C23H30N2O5S. The van der Waals surface area contributed by atoms with Crippen molar-refractivity contribution in [1.82, 2.24) is 4.31 Å². The van der Waals surface area contributed by atoms with E-state index in [4.69, 9.17) is 9.47 Å². The van der Waals surface area contributed by atoms with Crippen LogP contribution in [0.4, 0.5) is 5.69 Å². The number of rotatable bonds is 7. The Hall–Kier alpha value is -2.58. The quantitative estimate of drug-likeness (QED) is 0.702. The molecule has 1 fully saturated rings. The van der Waals surface area contributed by atoms with E-state index in [1.54, 1.807) is 6.07 Å². The number of amides is 1. The lowest BCUT2D eigenvalue weighted by Gasteiger charge is -2.31. The third kappa shape index (κ3) is 4.85. The summed E-state index contributed by atoms with van der Waals surface area (Å²) >= 11 is 0. The second-order valence-electron chi connectivity index (χ2n) is 7.65. The van der Waals surface area contributed by atoms with Crippen molar-refractivity contribution < 1.29 is 22.7 Å². The standard InChI is InChI=1S/C23H30N2O5S/c1-5-17-8-6-7-16(2)22(17)24-23(26)18-11-13-25(14-12-18)31(27,28)19-9-10-20(29-3)21(15-19)30-4/h6-10,15,18H,5,11-14H2,1-4H3,(H,24,26). The van der Waals surface area contributed by atoms with Crippen molar-refractivity contribution in [3.63, 3.8) is 0 Å². The Kier molecular flexibility index (Phi) is 7.23. The molecule has 0 aliphatic carbocycles.